The maximum absolute atomic E-state index is 5.40. The van der Waals surface area contributed by atoms with Crippen LogP contribution in [-0.4, -0.2) is 60.4 Å². The minimum atomic E-state index is 0.437. The first kappa shape index (κ1) is 16.1. The van der Waals surface area contributed by atoms with Gasteiger partial charge in [0.25, 0.3) is 0 Å². The highest BCUT2D eigenvalue weighted by atomic mass is 16.5. The number of morpholine rings is 1. The van der Waals surface area contributed by atoms with E-state index < -0.39 is 0 Å². The van der Waals surface area contributed by atoms with Crippen LogP contribution >= 0.6 is 0 Å². The lowest BCUT2D eigenvalue weighted by atomic mass is 10.1. The Hall–Kier alpha value is -2.41. The molecule has 7 heteroatoms. The van der Waals surface area contributed by atoms with E-state index in [1.807, 2.05) is 30.6 Å². The molecule has 0 saturated carbocycles. The summed E-state index contributed by atoms with van der Waals surface area (Å²) in [5.74, 6) is 2.77. The highest BCUT2D eigenvalue weighted by Crippen LogP contribution is 2.20. The molecule has 0 spiro atoms. The van der Waals surface area contributed by atoms with E-state index in [9.17, 15) is 0 Å². The van der Waals surface area contributed by atoms with Crippen molar-refractivity contribution < 1.29 is 4.74 Å². The molecule has 0 amide bonds. The Labute approximate surface area is 148 Å². The fourth-order valence-corrected chi connectivity index (χ4v) is 3.35. The molecule has 0 bridgehead atoms. The summed E-state index contributed by atoms with van der Waals surface area (Å²) in [6.45, 7) is 5.21. The van der Waals surface area contributed by atoms with Crippen molar-refractivity contribution in [1.29, 1.82) is 0 Å². The smallest absolute Gasteiger partial charge is 0.227 e. The van der Waals surface area contributed by atoms with Crippen LogP contribution in [0.2, 0.25) is 0 Å². The predicted molar refractivity (Wildman–Crippen MR) is 98.2 cm³/mol. The monoisotopic (exact) mass is 340 g/mol. The lowest BCUT2D eigenvalue weighted by Gasteiger charge is -2.33. The third-order valence-electron chi connectivity index (χ3n) is 4.76. The third-order valence-corrected chi connectivity index (χ3v) is 4.76. The number of aromatic nitrogens is 3. The van der Waals surface area contributed by atoms with Crippen molar-refractivity contribution in [2.24, 2.45) is 0 Å². The zero-order chi connectivity index (χ0) is 16.9. The van der Waals surface area contributed by atoms with Gasteiger partial charge in [0.2, 0.25) is 5.95 Å². The molecular formula is C18H24N6O. The molecule has 1 N–H and O–H groups in total. The van der Waals surface area contributed by atoms with Gasteiger partial charge in [-0.1, -0.05) is 6.07 Å². The molecular weight excluding hydrogens is 316 g/mol. The van der Waals surface area contributed by atoms with E-state index >= 15 is 0 Å². The van der Waals surface area contributed by atoms with Gasteiger partial charge >= 0.3 is 0 Å². The Morgan fingerprint density at radius 2 is 1.76 bits per heavy atom. The van der Waals surface area contributed by atoms with Gasteiger partial charge < -0.3 is 19.9 Å². The van der Waals surface area contributed by atoms with E-state index in [4.69, 9.17) is 4.74 Å². The zero-order valence-corrected chi connectivity index (χ0v) is 14.3. The van der Waals surface area contributed by atoms with Crippen molar-refractivity contribution in [2.45, 2.75) is 18.9 Å². The Morgan fingerprint density at radius 3 is 2.52 bits per heavy atom. The highest BCUT2D eigenvalue weighted by Gasteiger charge is 2.21. The van der Waals surface area contributed by atoms with Crippen molar-refractivity contribution in [3.8, 4) is 0 Å². The first-order chi connectivity index (χ1) is 12.4. The van der Waals surface area contributed by atoms with Gasteiger partial charge in [-0.2, -0.15) is 4.98 Å². The molecule has 4 heterocycles. The van der Waals surface area contributed by atoms with Crippen LogP contribution in [0.1, 0.15) is 12.8 Å². The first-order valence-electron chi connectivity index (χ1n) is 8.97. The molecule has 0 aliphatic carbocycles. The summed E-state index contributed by atoms with van der Waals surface area (Å²) in [4.78, 5) is 18.1. The Bertz CT molecular complexity index is 668. The molecule has 2 aliphatic rings. The number of ether oxygens (including phenoxy) is 1. The standard InChI is InChI=1S/C18H24N6O/c1-2-7-19-17(3-1)23-9-5-15(6-10-23)21-16-4-8-20-18(22-16)24-11-13-25-14-12-24/h1-4,7-8,15H,5-6,9-14H2,(H,20,21,22). The Balaban J connectivity index is 1.34. The SMILES string of the molecule is c1ccc(N2CCC(Nc3ccnc(N4CCOCC4)n3)CC2)nc1. The highest BCUT2D eigenvalue weighted by molar-refractivity contribution is 5.43. The summed E-state index contributed by atoms with van der Waals surface area (Å²) in [7, 11) is 0. The Kier molecular flexibility index (Phi) is 4.92. The van der Waals surface area contributed by atoms with E-state index in [-0.39, 0.29) is 0 Å². The maximum atomic E-state index is 5.40. The van der Waals surface area contributed by atoms with Gasteiger partial charge in [0.1, 0.15) is 11.6 Å². The number of nitrogens with zero attached hydrogens (tertiary/aromatic N) is 5. The number of hydrogen-bond donors (Lipinski definition) is 1. The van der Waals surface area contributed by atoms with Crippen molar-refractivity contribution in [1.82, 2.24) is 15.0 Å². The van der Waals surface area contributed by atoms with Crippen LogP contribution in [0.3, 0.4) is 0 Å². The topological polar surface area (TPSA) is 66.4 Å². The zero-order valence-electron chi connectivity index (χ0n) is 14.3. The summed E-state index contributed by atoms with van der Waals surface area (Å²) >= 11 is 0. The minimum absolute atomic E-state index is 0.437. The molecule has 25 heavy (non-hydrogen) atoms. The van der Waals surface area contributed by atoms with E-state index in [1.54, 1.807) is 0 Å². The number of pyridine rings is 1. The largest absolute Gasteiger partial charge is 0.378 e. The molecule has 7 nitrogen and oxygen atoms in total. The normalized spacial score (nSPS) is 19.0. The molecule has 2 aliphatic heterocycles. The predicted octanol–water partition coefficient (Wildman–Crippen LogP) is 1.79. The van der Waals surface area contributed by atoms with Gasteiger partial charge in [0, 0.05) is 44.6 Å². The maximum Gasteiger partial charge on any atom is 0.227 e. The van der Waals surface area contributed by atoms with Crippen molar-refractivity contribution in [3.05, 3.63) is 36.7 Å². The molecule has 132 valence electrons. The van der Waals surface area contributed by atoms with Crippen molar-refractivity contribution in [2.75, 3.05) is 54.5 Å². The molecule has 0 radical (unpaired) electrons. The summed E-state index contributed by atoms with van der Waals surface area (Å²) < 4.78 is 5.40. The number of rotatable bonds is 4. The quantitative estimate of drug-likeness (QED) is 0.910. The summed E-state index contributed by atoms with van der Waals surface area (Å²) in [5.41, 5.74) is 0. The Morgan fingerprint density at radius 1 is 0.920 bits per heavy atom. The van der Waals surface area contributed by atoms with Gasteiger partial charge in [-0.05, 0) is 31.0 Å². The van der Waals surface area contributed by atoms with Crippen LogP contribution in [-0.2, 0) is 4.74 Å². The second-order valence-electron chi connectivity index (χ2n) is 6.43. The number of nitrogens with one attached hydrogen (secondary N) is 1. The molecule has 4 rings (SSSR count). The van der Waals surface area contributed by atoms with Crippen LogP contribution in [0.25, 0.3) is 0 Å². The fraction of sp³-hybridized carbons (Fsp3) is 0.500. The fourth-order valence-electron chi connectivity index (χ4n) is 3.35. The molecule has 2 saturated heterocycles. The van der Waals surface area contributed by atoms with Gasteiger partial charge in [-0.3, -0.25) is 0 Å². The van der Waals surface area contributed by atoms with E-state index in [0.717, 1.165) is 69.8 Å². The average Bonchev–Trinajstić information content (AvgIpc) is 2.70. The van der Waals surface area contributed by atoms with Crippen molar-refractivity contribution >= 4 is 17.6 Å². The molecule has 0 atom stereocenters. The summed E-state index contributed by atoms with van der Waals surface area (Å²) in [5, 5.41) is 3.58. The minimum Gasteiger partial charge on any atom is -0.378 e. The molecule has 2 fully saturated rings. The van der Waals surface area contributed by atoms with Gasteiger partial charge in [0.05, 0.1) is 13.2 Å². The molecule has 0 unspecified atom stereocenters. The van der Waals surface area contributed by atoms with Gasteiger partial charge in [-0.15, -0.1) is 0 Å². The second kappa shape index (κ2) is 7.65. The first-order valence-corrected chi connectivity index (χ1v) is 8.97. The summed E-state index contributed by atoms with van der Waals surface area (Å²) in [6.07, 6.45) is 5.85. The molecule has 2 aromatic rings. The van der Waals surface area contributed by atoms with E-state index in [0.29, 0.717) is 6.04 Å². The van der Waals surface area contributed by atoms with Crippen molar-refractivity contribution in [3.63, 3.8) is 0 Å². The van der Waals surface area contributed by atoms with E-state index in [2.05, 4.69) is 36.1 Å². The van der Waals surface area contributed by atoms with Crippen LogP contribution in [0.4, 0.5) is 17.6 Å². The van der Waals surface area contributed by atoms with E-state index in [1.165, 1.54) is 0 Å². The van der Waals surface area contributed by atoms with Crippen LogP contribution in [0.5, 0.6) is 0 Å². The van der Waals surface area contributed by atoms with Gasteiger partial charge in [-0.25, -0.2) is 9.97 Å². The molecule has 0 aromatic carbocycles. The van der Waals surface area contributed by atoms with Gasteiger partial charge in [0.15, 0.2) is 0 Å². The number of hydrogen-bond acceptors (Lipinski definition) is 7. The second-order valence-corrected chi connectivity index (χ2v) is 6.43. The van der Waals surface area contributed by atoms with Crippen LogP contribution < -0.4 is 15.1 Å². The summed E-state index contributed by atoms with van der Waals surface area (Å²) in [6, 6.07) is 8.47. The lowest BCUT2D eigenvalue weighted by Crippen LogP contribution is -2.40. The number of anilines is 3. The number of piperidine rings is 1. The third kappa shape index (κ3) is 3.99. The lowest BCUT2D eigenvalue weighted by molar-refractivity contribution is 0.122. The average molecular weight is 340 g/mol. The van der Waals surface area contributed by atoms with Crippen LogP contribution in [0, 0.1) is 0 Å². The van der Waals surface area contributed by atoms with Crippen LogP contribution in [0.15, 0.2) is 36.7 Å². The molecule has 2 aromatic heterocycles.